The molecule has 0 spiro atoms. The Labute approximate surface area is 451 Å². The average Bonchev–Trinajstić information content (AvgIpc) is 3.39. The first-order valence-electron chi connectivity index (χ1n) is 30.7. The van der Waals surface area contributed by atoms with Crippen molar-refractivity contribution in [3.05, 3.63) is 97.2 Å². The highest BCUT2D eigenvalue weighted by atomic mass is 16.6. The van der Waals surface area contributed by atoms with Crippen molar-refractivity contribution >= 4 is 17.9 Å². The van der Waals surface area contributed by atoms with E-state index in [1.165, 1.54) is 135 Å². The number of unbranched alkanes of at least 4 members (excludes halogenated alkanes) is 28. The summed E-state index contributed by atoms with van der Waals surface area (Å²) in [4.78, 5) is 38.1. The average molecular weight is 1020 g/mol. The summed E-state index contributed by atoms with van der Waals surface area (Å²) in [5.41, 5.74) is 0. The molecule has 0 amide bonds. The number of ether oxygens (including phenoxy) is 3. The second kappa shape index (κ2) is 60.9. The Morgan fingerprint density at radius 2 is 0.534 bits per heavy atom. The van der Waals surface area contributed by atoms with Gasteiger partial charge < -0.3 is 14.2 Å². The number of carbonyl (C=O) groups is 3. The highest BCUT2D eigenvalue weighted by Gasteiger charge is 2.19. The zero-order valence-electron chi connectivity index (χ0n) is 47.9. The summed E-state index contributed by atoms with van der Waals surface area (Å²) in [6, 6.07) is 0. The molecule has 0 heterocycles. The van der Waals surface area contributed by atoms with E-state index in [9.17, 15) is 14.4 Å². The molecule has 0 rings (SSSR count). The molecule has 418 valence electrons. The van der Waals surface area contributed by atoms with Gasteiger partial charge in [0.1, 0.15) is 13.2 Å². The van der Waals surface area contributed by atoms with Gasteiger partial charge in [-0.3, -0.25) is 14.4 Å². The Morgan fingerprint density at radius 1 is 0.288 bits per heavy atom. The Balaban J connectivity index is 4.16. The minimum absolute atomic E-state index is 0.0754. The predicted molar refractivity (Wildman–Crippen MR) is 316 cm³/mol. The van der Waals surface area contributed by atoms with Crippen molar-refractivity contribution in [2.24, 2.45) is 0 Å². The van der Waals surface area contributed by atoms with Crippen LogP contribution < -0.4 is 0 Å². The third-order valence-corrected chi connectivity index (χ3v) is 13.1. The van der Waals surface area contributed by atoms with Gasteiger partial charge in [-0.15, -0.1) is 0 Å². The van der Waals surface area contributed by atoms with Gasteiger partial charge in [0.2, 0.25) is 0 Å². The second-order valence-corrected chi connectivity index (χ2v) is 20.2. The molecule has 0 bridgehead atoms. The third kappa shape index (κ3) is 59.1. The molecule has 0 radical (unpaired) electrons. The lowest BCUT2D eigenvalue weighted by atomic mass is 10.0. The molecule has 0 aliphatic heterocycles. The molecule has 0 aromatic carbocycles. The fourth-order valence-corrected chi connectivity index (χ4v) is 8.52. The minimum atomic E-state index is -0.776. The van der Waals surface area contributed by atoms with Crippen LogP contribution in [0.15, 0.2) is 97.2 Å². The van der Waals surface area contributed by atoms with E-state index in [1.807, 2.05) is 0 Å². The van der Waals surface area contributed by atoms with Crippen molar-refractivity contribution in [1.29, 1.82) is 0 Å². The van der Waals surface area contributed by atoms with Crippen LogP contribution >= 0.6 is 0 Å². The summed E-state index contributed by atoms with van der Waals surface area (Å²) >= 11 is 0. The Kier molecular flexibility index (Phi) is 57.8. The molecule has 0 aliphatic rings. The highest BCUT2D eigenvalue weighted by molar-refractivity contribution is 5.71. The molecular formula is C67H114O6. The van der Waals surface area contributed by atoms with E-state index >= 15 is 0 Å². The first-order valence-corrected chi connectivity index (χ1v) is 30.7. The number of esters is 3. The summed E-state index contributed by atoms with van der Waals surface area (Å²) in [5, 5.41) is 0. The SMILES string of the molecule is CC/C=C\C/C=C\C/C=C\C/C=C\C/C=C\C/C=C\C/C=C\C/C=C\CCCCCCCCCCC(=O)OCC(COC(=O)CCCCCCCCCCCC)OC(=O)CCCCCCCCCCCCCC. The summed E-state index contributed by atoms with van der Waals surface area (Å²) in [5.74, 6) is -0.879. The normalized spacial score (nSPS) is 12.8. The van der Waals surface area contributed by atoms with E-state index in [0.717, 1.165) is 116 Å². The topological polar surface area (TPSA) is 78.9 Å². The molecule has 0 N–H and O–H groups in total. The van der Waals surface area contributed by atoms with Gasteiger partial charge in [0, 0.05) is 19.3 Å². The van der Waals surface area contributed by atoms with E-state index in [1.54, 1.807) is 0 Å². The monoisotopic (exact) mass is 1010 g/mol. The Bertz CT molecular complexity index is 1440. The van der Waals surface area contributed by atoms with Crippen molar-refractivity contribution in [1.82, 2.24) is 0 Å². The largest absolute Gasteiger partial charge is 0.462 e. The van der Waals surface area contributed by atoms with Gasteiger partial charge in [-0.25, -0.2) is 0 Å². The van der Waals surface area contributed by atoms with Crippen LogP contribution in [0.4, 0.5) is 0 Å². The second-order valence-electron chi connectivity index (χ2n) is 20.2. The van der Waals surface area contributed by atoms with Gasteiger partial charge in [0.05, 0.1) is 0 Å². The Hall–Kier alpha value is -3.67. The van der Waals surface area contributed by atoms with Crippen molar-refractivity contribution in [3.63, 3.8) is 0 Å². The van der Waals surface area contributed by atoms with E-state index < -0.39 is 6.10 Å². The van der Waals surface area contributed by atoms with Gasteiger partial charge in [-0.2, -0.15) is 0 Å². The molecule has 0 saturated heterocycles. The fourth-order valence-electron chi connectivity index (χ4n) is 8.52. The standard InChI is InChI=1S/C67H114O6/c1-4-7-10-13-16-19-22-24-25-26-27-28-29-30-31-32-33-34-35-36-37-38-39-40-41-42-43-44-46-48-51-54-57-60-66(69)72-63-64(62-71-65(68)59-56-53-50-47-21-18-15-12-9-6-3)73-67(70)61-58-55-52-49-45-23-20-17-14-11-8-5-2/h7,10,16,19,24-25,27-28,30-31,33-34,36-37,39-40,64H,4-6,8-9,11-15,17-18,20-23,26,29,32,35,38,41-63H2,1-3H3/b10-7-,19-16-,25-24-,28-27-,31-30-,34-33-,37-36-,40-39-. The molecule has 1 unspecified atom stereocenters. The maximum atomic E-state index is 12.8. The fraction of sp³-hybridized carbons (Fsp3) is 0.716. The quantitative estimate of drug-likeness (QED) is 0.0261. The first-order chi connectivity index (χ1) is 36.0. The van der Waals surface area contributed by atoms with Gasteiger partial charge in [0.25, 0.3) is 0 Å². The number of rotatable bonds is 55. The zero-order valence-corrected chi connectivity index (χ0v) is 47.9. The van der Waals surface area contributed by atoms with Crippen LogP contribution in [-0.4, -0.2) is 37.2 Å². The lowest BCUT2D eigenvalue weighted by molar-refractivity contribution is -0.167. The van der Waals surface area contributed by atoms with Crippen molar-refractivity contribution in [3.8, 4) is 0 Å². The van der Waals surface area contributed by atoms with Crippen LogP contribution in [0.25, 0.3) is 0 Å². The summed E-state index contributed by atoms with van der Waals surface area (Å²) in [7, 11) is 0. The molecule has 0 aliphatic carbocycles. The molecule has 6 nitrogen and oxygen atoms in total. The Morgan fingerprint density at radius 3 is 0.836 bits per heavy atom. The molecule has 0 saturated carbocycles. The van der Waals surface area contributed by atoms with Gasteiger partial charge >= 0.3 is 17.9 Å². The lowest BCUT2D eigenvalue weighted by Crippen LogP contribution is -2.30. The van der Waals surface area contributed by atoms with Crippen LogP contribution in [0.3, 0.4) is 0 Å². The third-order valence-electron chi connectivity index (χ3n) is 13.1. The smallest absolute Gasteiger partial charge is 0.306 e. The molecule has 0 fully saturated rings. The maximum Gasteiger partial charge on any atom is 0.306 e. The molecule has 73 heavy (non-hydrogen) atoms. The minimum Gasteiger partial charge on any atom is -0.462 e. The number of allylic oxidation sites excluding steroid dienone is 16. The molecular weight excluding hydrogens is 901 g/mol. The van der Waals surface area contributed by atoms with Gasteiger partial charge in [-0.05, 0) is 83.5 Å². The van der Waals surface area contributed by atoms with E-state index in [0.29, 0.717) is 19.3 Å². The molecule has 6 heteroatoms. The number of carbonyl (C=O) groups excluding carboxylic acids is 3. The summed E-state index contributed by atoms with van der Waals surface area (Å²) < 4.78 is 16.8. The van der Waals surface area contributed by atoms with Gasteiger partial charge in [0.15, 0.2) is 6.10 Å². The maximum absolute atomic E-state index is 12.8. The molecule has 0 aromatic heterocycles. The van der Waals surface area contributed by atoms with E-state index in [4.69, 9.17) is 14.2 Å². The number of hydrogen-bond donors (Lipinski definition) is 0. The molecule has 0 aromatic rings. The van der Waals surface area contributed by atoms with Gasteiger partial charge in [-0.1, -0.05) is 285 Å². The van der Waals surface area contributed by atoms with Crippen LogP contribution in [-0.2, 0) is 28.6 Å². The van der Waals surface area contributed by atoms with E-state index in [2.05, 4.69) is 118 Å². The van der Waals surface area contributed by atoms with Crippen LogP contribution in [0.2, 0.25) is 0 Å². The zero-order chi connectivity index (χ0) is 52.9. The molecule has 1 atom stereocenters. The van der Waals surface area contributed by atoms with Crippen LogP contribution in [0.5, 0.6) is 0 Å². The van der Waals surface area contributed by atoms with Crippen LogP contribution in [0, 0.1) is 0 Å². The highest BCUT2D eigenvalue weighted by Crippen LogP contribution is 2.16. The summed E-state index contributed by atoms with van der Waals surface area (Å²) in [6.45, 7) is 6.52. The predicted octanol–water partition coefficient (Wildman–Crippen LogP) is 20.9. The number of hydrogen-bond acceptors (Lipinski definition) is 6. The van der Waals surface area contributed by atoms with Crippen molar-refractivity contribution in [2.75, 3.05) is 13.2 Å². The van der Waals surface area contributed by atoms with Crippen molar-refractivity contribution in [2.45, 2.75) is 297 Å². The lowest BCUT2D eigenvalue weighted by Gasteiger charge is -2.18. The van der Waals surface area contributed by atoms with Crippen molar-refractivity contribution < 1.29 is 28.6 Å². The first kappa shape index (κ1) is 69.3. The van der Waals surface area contributed by atoms with E-state index in [-0.39, 0.29) is 31.1 Å². The van der Waals surface area contributed by atoms with Crippen LogP contribution in [0.1, 0.15) is 290 Å². The summed E-state index contributed by atoms with van der Waals surface area (Å²) in [6.07, 6.45) is 81.3.